The molecular formula is C18H34B2N2O2. The normalized spacial score (nSPS) is 19.8. The summed E-state index contributed by atoms with van der Waals surface area (Å²) >= 11 is 0. The van der Waals surface area contributed by atoms with Crippen LogP contribution in [0, 0.1) is 5.92 Å². The first-order chi connectivity index (χ1) is 11.5. The van der Waals surface area contributed by atoms with Gasteiger partial charge < -0.3 is 9.80 Å². The Bertz CT molecular complexity index is 367. The Kier molecular flexibility index (Phi) is 12.9. The third kappa shape index (κ3) is 7.76. The predicted molar refractivity (Wildman–Crippen MR) is 102 cm³/mol. The summed E-state index contributed by atoms with van der Waals surface area (Å²) in [5.74, 6) is 0.787. The van der Waals surface area contributed by atoms with Gasteiger partial charge in [0.15, 0.2) is 0 Å². The molecular weight excluding hydrogens is 298 g/mol. The summed E-state index contributed by atoms with van der Waals surface area (Å²) in [4.78, 5) is 26.2. The van der Waals surface area contributed by atoms with E-state index in [0.29, 0.717) is 12.0 Å². The van der Waals surface area contributed by atoms with Gasteiger partial charge in [-0.3, -0.25) is 9.59 Å². The lowest BCUT2D eigenvalue weighted by Gasteiger charge is -2.38. The molecule has 1 rings (SSSR count). The highest BCUT2D eigenvalue weighted by Gasteiger charge is 2.28. The molecule has 2 amide bonds. The van der Waals surface area contributed by atoms with Crippen LogP contribution in [0.1, 0.15) is 59.8 Å². The van der Waals surface area contributed by atoms with E-state index in [0.717, 1.165) is 32.5 Å². The second-order valence-corrected chi connectivity index (χ2v) is 6.39. The van der Waals surface area contributed by atoms with E-state index >= 15 is 0 Å². The third-order valence-corrected chi connectivity index (χ3v) is 4.70. The van der Waals surface area contributed by atoms with Crippen LogP contribution in [0.15, 0.2) is 0 Å². The minimum atomic E-state index is 0.0457. The van der Waals surface area contributed by atoms with Gasteiger partial charge in [-0.1, -0.05) is 26.7 Å². The van der Waals surface area contributed by atoms with Gasteiger partial charge in [-0.2, -0.15) is 0 Å². The molecule has 0 spiro atoms. The van der Waals surface area contributed by atoms with E-state index < -0.39 is 0 Å². The quantitative estimate of drug-likeness (QED) is 0.673. The summed E-state index contributed by atoms with van der Waals surface area (Å²) in [6, 6.07) is 0.435. The van der Waals surface area contributed by atoms with Crippen LogP contribution in [0.25, 0.3) is 0 Å². The molecule has 1 aliphatic rings. The number of amides is 2. The van der Waals surface area contributed by atoms with Gasteiger partial charge in [-0.05, 0) is 51.7 Å². The summed E-state index contributed by atoms with van der Waals surface area (Å²) in [6.07, 6.45) is 6.25. The smallest absolute Gasteiger partial charge is 0.214 e. The summed E-state index contributed by atoms with van der Waals surface area (Å²) < 4.78 is 0. The van der Waals surface area contributed by atoms with Crippen LogP contribution >= 0.6 is 0 Å². The molecule has 0 heterocycles. The SMILES string of the molecule is [B]CC(=O)N(CC)C1CCCCC1C.[B]CC(=O)N(CC)CCC. The average Bonchev–Trinajstić information content (AvgIpc) is 2.61. The van der Waals surface area contributed by atoms with Gasteiger partial charge in [0.25, 0.3) is 0 Å². The van der Waals surface area contributed by atoms with Gasteiger partial charge in [0, 0.05) is 25.7 Å². The van der Waals surface area contributed by atoms with Gasteiger partial charge in [-0.25, -0.2) is 0 Å². The van der Waals surface area contributed by atoms with Gasteiger partial charge >= 0.3 is 0 Å². The highest BCUT2D eigenvalue weighted by atomic mass is 16.2. The van der Waals surface area contributed by atoms with E-state index in [1.807, 2.05) is 25.7 Å². The fourth-order valence-electron chi connectivity index (χ4n) is 3.33. The van der Waals surface area contributed by atoms with E-state index in [1.54, 1.807) is 4.90 Å². The molecule has 24 heavy (non-hydrogen) atoms. The second kappa shape index (κ2) is 13.4. The number of carbonyl (C=O) groups is 2. The monoisotopic (exact) mass is 332 g/mol. The van der Waals surface area contributed by atoms with E-state index in [4.69, 9.17) is 15.7 Å². The molecule has 0 aliphatic heterocycles. The lowest BCUT2D eigenvalue weighted by Crippen LogP contribution is -2.44. The first kappa shape index (κ1) is 23.1. The van der Waals surface area contributed by atoms with Crippen molar-refractivity contribution in [1.82, 2.24) is 9.80 Å². The summed E-state index contributed by atoms with van der Waals surface area (Å²) in [5.41, 5.74) is 0. The lowest BCUT2D eigenvalue weighted by atomic mass is 9.84. The molecule has 1 saturated carbocycles. The Balaban J connectivity index is 0.000000470. The standard InChI is InChI=1S/C11H20BNO.C7H14BNO/c1-3-13(11(14)8-12)10-7-5-4-6-9(10)2;1-3-5-9(4-2)7(10)6-8/h9-10H,3-8H2,1-2H3;3-6H2,1-2H3. The molecule has 0 aromatic rings. The molecule has 0 aromatic heterocycles. The summed E-state index contributed by atoms with van der Waals surface area (Å²) in [6.45, 7) is 10.7. The molecule has 2 atom stereocenters. The highest BCUT2D eigenvalue weighted by molar-refractivity contribution is 6.19. The fourth-order valence-corrected chi connectivity index (χ4v) is 3.33. The van der Waals surface area contributed by atoms with Gasteiger partial charge in [0.2, 0.25) is 11.8 Å². The highest BCUT2D eigenvalue weighted by Crippen LogP contribution is 2.28. The molecule has 0 aromatic carbocycles. The molecule has 1 aliphatic carbocycles. The summed E-state index contributed by atoms with van der Waals surface area (Å²) in [5, 5.41) is 0. The van der Waals surface area contributed by atoms with E-state index in [9.17, 15) is 9.59 Å². The molecule has 134 valence electrons. The largest absolute Gasteiger partial charge is 0.344 e. The van der Waals surface area contributed by atoms with Crippen molar-refractivity contribution in [3.8, 4) is 0 Å². The molecule has 6 heteroatoms. The Morgan fingerprint density at radius 2 is 1.54 bits per heavy atom. The fraction of sp³-hybridized carbons (Fsp3) is 0.889. The first-order valence-corrected chi connectivity index (χ1v) is 9.43. The van der Waals surface area contributed by atoms with Crippen molar-refractivity contribution in [3.05, 3.63) is 0 Å². The predicted octanol–water partition coefficient (Wildman–Crippen LogP) is 2.83. The molecule has 0 bridgehead atoms. The number of hydrogen-bond donors (Lipinski definition) is 0. The van der Waals surface area contributed by atoms with E-state index in [2.05, 4.69) is 6.92 Å². The lowest BCUT2D eigenvalue weighted by molar-refractivity contribution is -0.132. The molecule has 0 N–H and O–H groups in total. The Morgan fingerprint density at radius 1 is 0.958 bits per heavy atom. The summed E-state index contributed by atoms with van der Waals surface area (Å²) in [7, 11) is 10.6. The third-order valence-electron chi connectivity index (χ3n) is 4.70. The zero-order valence-electron chi connectivity index (χ0n) is 16.1. The second-order valence-electron chi connectivity index (χ2n) is 6.39. The number of carbonyl (C=O) groups excluding carboxylic acids is 2. The van der Waals surface area contributed by atoms with Crippen molar-refractivity contribution in [2.45, 2.75) is 78.5 Å². The number of hydrogen-bond acceptors (Lipinski definition) is 2. The van der Waals surface area contributed by atoms with Crippen molar-refractivity contribution in [1.29, 1.82) is 0 Å². The topological polar surface area (TPSA) is 40.6 Å². The Hall–Kier alpha value is -0.930. The molecule has 2 unspecified atom stereocenters. The maximum Gasteiger partial charge on any atom is 0.214 e. The van der Waals surface area contributed by atoms with Crippen LogP contribution < -0.4 is 0 Å². The van der Waals surface area contributed by atoms with Crippen molar-refractivity contribution < 1.29 is 9.59 Å². The van der Waals surface area contributed by atoms with Crippen LogP contribution in [-0.4, -0.2) is 63.0 Å². The van der Waals surface area contributed by atoms with Gasteiger partial charge in [0.05, 0.1) is 15.7 Å². The van der Waals surface area contributed by atoms with Crippen molar-refractivity contribution in [2.75, 3.05) is 19.6 Å². The van der Waals surface area contributed by atoms with Crippen LogP contribution in [0.2, 0.25) is 12.6 Å². The number of nitrogens with zero attached hydrogens (tertiary/aromatic N) is 2. The first-order valence-electron chi connectivity index (χ1n) is 9.43. The number of rotatable bonds is 7. The van der Waals surface area contributed by atoms with Crippen LogP contribution in [0.3, 0.4) is 0 Å². The van der Waals surface area contributed by atoms with E-state index in [-0.39, 0.29) is 24.5 Å². The van der Waals surface area contributed by atoms with Gasteiger partial charge in [-0.15, -0.1) is 0 Å². The van der Waals surface area contributed by atoms with Crippen LogP contribution in [0.4, 0.5) is 0 Å². The zero-order valence-corrected chi connectivity index (χ0v) is 16.1. The van der Waals surface area contributed by atoms with Gasteiger partial charge in [0.1, 0.15) is 0 Å². The zero-order chi connectivity index (χ0) is 18.5. The van der Waals surface area contributed by atoms with Crippen molar-refractivity contribution in [2.24, 2.45) is 5.92 Å². The Labute approximate surface area is 151 Å². The van der Waals surface area contributed by atoms with Crippen molar-refractivity contribution in [3.63, 3.8) is 0 Å². The molecule has 4 nitrogen and oxygen atoms in total. The van der Waals surface area contributed by atoms with Crippen LogP contribution in [0.5, 0.6) is 0 Å². The average molecular weight is 332 g/mol. The molecule has 1 fully saturated rings. The molecule has 4 radical (unpaired) electrons. The Morgan fingerprint density at radius 3 is 1.96 bits per heavy atom. The van der Waals surface area contributed by atoms with Crippen molar-refractivity contribution >= 4 is 27.5 Å². The minimum absolute atomic E-state index is 0.0457. The minimum Gasteiger partial charge on any atom is -0.344 e. The maximum atomic E-state index is 11.6. The molecule has 0 saturated heterocycles. The van der Waals surface area contributed by atoms with E-state index in [1.165, 1.54) is 19.3 Å². The van der Waals surface area contributed by atoms with Crippen LogP contribution in [-0.2, 0) is 9.59 Å². The maximum absolute atomic E-state index is 11.6.